The molecule has 0 radical (unpaired) electrons. The molecule has 0 aliphatic carbocycles. The predicted molar refractivity (Wildman–Crippen MR) is 86.8 cm³/mol. The molecule has 0 spiro atoms. The van der Waals surface area contributed by atoms with Crippen LogP contribution >= 0.6 is 11.3 Å². The van der Waals surface area contributed by atoms with Gasteiger partial charge in [0.25, 0.3) is 0 Å². The van der Waals surface area contributed by atoms with Crippen molar-refractivity contribution in [3.63, 3.8) is 0 Å². The van der Waals surface area contributed by atoms with Crippen LogP contribution in [0, 0.1) is 5.92 Å². The molecule has 0 aliphatic rings. The van der Waals surface area contributed by atoms with Crippen LogP contribution in [0.4, 0.5) is 5.13 Å². The molecule has 2 amide bonds. The molecule has 1 atom stereocenters. The Bertz CT molecular complexity index is 634. The maximum absolute atomic E-state index is 12.5. The van der Waals surface area contributed by atoms with Crippen LogP contribution in [0.5, 0.6) is 0 Å². The molecule has 0 unspecified atom stereocenters. The Kier molecular flexibility index (Phi) is 5.32. The molecular weight excluding hydrogens is 300 g/mol. The maximum Gasteiger partial charge on any atom is 0.249 e. The molecule has 22 heavy (non-hydrogen) atoms. The van der Waals surface area contributed by atoms with E-state index in [9.17, 15) is 9.59 Å². The highest BCUT2D eigenvalue weighted by molar-refractivity contribution is 7.13. The van der Waals surface area contributed by atoms with Gasteiger partial charge in [0, 0.05) is 24.8 Å². The first kappa shape index (κ1) is 16.2. The number of nitrogens with zero attached hydrogens (tertiary/aromatic N) is 2. The van der Waals surface area contributed by atoms with Crippen LogP contribution in [0.25, 0.3) is 0 Å². The Morgan fingerprint density at radius 2 is 2.00 bits per heavy atom. The summed E-state index contributed by atoms with van der Waals surface area (Å²) in [4.78, 5) is 28.1. The number of rotatable bonds is 6. The van der Waals surface area contributed by atoms with Gasteiger partial charge in [-0.2, -0.15) is 0 Å². The van der Waals surface area contributed by atoms with Crippen LogP contribution < -0.4 is 10.6 Å². The van der Waals surface area contributed by atoms with Crippen LogP contribution in [0.15, 0.2) is 29.9 Å². The Hall–Kier alpha value is -2.15. The second-order valence-corrected chi connectivity index (χ2v) is 6.16. The monoisotopic (exact) mass is 320 g/mol. The fourth-order valence-electron chi connectivity index (χ4n) is 2.19. The molecule has 0 aliphatic heterocycles. The smallest absolute Gasteiger partial charge is 0.249 e. The summed E-state index contributed by atoms with van der Waals surface area (Å²) in [5.74, 6) is -0.0553. The van der Waals surface area contributed by atoms with E-state index in [2.05, 4.69) is 15.6 Å². The third-order valence-electron chi connectivity index (χ3n) is 3.25. The number of aromatic nitrogens is 2. The maximum atomic E-state index is 12.5. The lowest BCUT2D eigenvalue weighted by Gasteiger charge is -2.21. The minimum Gasteiger partial charge on any atom is -0.359 e. The molecular formula is C15H20N4O2S. The number of carbonyl (C=O) groups is 2. The van der Waals surface area contributed by atoms with E-state index in [1.807, 2.05) is 42.9 Å². The molecule has 0 bridgehead atoms. The first-order valence-electron chi connectivity index (χ1n) is 7.09. The number of amides is 2. The molecule has 2 aromatic rings. The molecule has 2 aromatic heterocycles. The number of likely N-dealkylation sites (N-methyl/N-ethyl adjacent to an activating group) is 1. The van der Waals surface area contributed by atoms with Crippen molar-refractivity contribution in [2.24, 2.45) is 5.92 Å². The van der Waals surface area contributed by atoms with E-state index in [0.29, 0.717) is 10.8 Å². The van der Waals surface area contributed by atoms with Gasteiger partial charge in [0.15, 0.2) is 5.13 Å². The SMILES string of the molecule is CNC(=O)Cc1csc(NC(=O)[C@H](C(C)C)n2cccc2)n1. The lowest BCUT2D eigenvalue weighted by atomic mass is 10.0. The Morgan fingerprint density at radius 3 is 2.59 bits per heavy atom. The van der Waals surface area contributed by atoms with Gasteiger partial charge in [-0.15, -0.1) is 11.3 Å². The molecule has 2 heterocycles. The van der Waals surface area contributed by atoms with Gasteiger partial charge < -0.3 is 15.2 Å². The summed E-state index contributed by atoms with van der Waals surface area (Å²) in [6.07, 6.45) is 3.97. The van der Waals surface area contributed by atoms with Crippen LogP contribution in [0.1, 0.15) is 25.6 Å². The summed E-state index contributed by atoms with van der Waals surface area (Å²) in [6.45, 7) is 4.01. The van der Waals surface area contributed by atoms with E-state index in [0.717, 1.165) is 0 Å². The quantitative estimate of drug-likeness (QED) is 0.855. The van der Waals surface area contributed by atoms with Gasteiger partial charge in [-0.05, 0) is 18.1 Å². The average molecular weight is 320 g/mol. The van der Waals surface area contributed by atoms with Crippen LogP contribution in [0.2, 0.25) is 0 Å². The zero-order chi connectivity index (χ0) is 16.1. The van der Waals surface area contributed by atoms with Crippen molar-refractivity contribution < 1.29 is 9.59 Å². The zero-order valence-corrected chi connectivity index (χ0v) is 13.7. The summed E-state index contributed by atoms with van der Waals surface area (Å²) in [5.41, 5.74) is 0.654. The number of hydrogen-bond donors (Lipinski definition) is 2. The summed E-state index contributed by atoms with van der Waals surface area (Å²) in [5, 5.41) is 7.69. The van der Waals surface area contributed by atoms with Crippen molar-refractivity contribution in [1.29, 1.82) is 0 Å². The number of carbonyl (C=O) groups excluding carboxylic acids is 2. The summed E-state index contributed by atoms with van der Waals surface area (Å²) >= 11 is 1.32. The predicted octanol–water partition coefficient (Wildman–Crippen LogP) is 2.07. The molecule has 0 saturated heterocycles. The highest BCUT2D eigenvalue weighted by atomic mass is 32.1. The van der Waals surface area contributed by atoms with Crippen LogP contribution in [-0.2, 0) is 16.0 Å². The fourth-order valence-corrected chi connectivity index (χ4v) is 2.91. The normalized spacial score (nSPS) is 12.2. The summed E-state index contributed by atoms with van der Waals surface area (Å²) < 4.78 is 1.89. The van der Waals surface area contributed by atoms with Crippen molar-refractivity contribution in [1.82, 2.24) is 14.9 Å². The van der Waals surface area contributed by atoms with Gasteiger partial charge in [-0.3, -0.25) is 9.59 Å². The van der Waals surface area contributed by atoms with E-state index < -0.39 is 0 Å². The summed E-state index contributed by atoms with van der Waals surface area (Å²) in [6, 6.07) is 3.50. The number of hydrogen-bond acceptors (Lipinski definition) is 4. The highest BCUT2D eigenvalue weighted by Crippen LogP contribution is 2.22. The van der Waals surface area contributed by atoms with E-state index in [1.165, 1.54) is 11.3 Å². The molecule has 7 heteroatoms. The second kappa shape index (κ2) is 7.22. The fraction of sp³-hybridized carbons (Fsp3) is 0.400. The van der Waals surface area contributed by atoms with Gasteiger partial charge in [0.2, 0.25) is 11.8 Å². The van der Waals surface area contributed by atoms with E-state index in [1.54, 1.807) is 12.4 Å². The number of nitrogens with one attached hydrogen (secondary N) is 2. The largest absolute Gasteiger partial charge is 0.359 e. The first-order valence-corrected chi connectivity index (χ1v) is 7.97. The van der Waals surface area contributed by atoms with E-state index in [4.69, 9.17) is 0 Å². The molecule has 0 fully saturated rings. The van der Waals surface area contributed by atoms with Gasteiger partial charge in [0.1, 0.15) is 6.04 Å². The van der Waals surface area contributed by atoms with Gasteiger partial charge >= 0.3 is 0 Å². The molecule has 0 aromatic carbocycles. The first-order chi connectivity index (χ1) is 10.5. The van der Waals surface area contributed by atoms with E-state index in [-0.39, 0.29) is 30.2 Å². The van der Waals surface area contributed by atoms with Crippen molar-refractivity contribution in [2.45, 2.75) is 26.3 Å². The molecule has 2 rings (SSSR count). The van der Waals surface area contributed by atoms with Crippen molar-refractivity contribution in [3.8, 4) is 0 Å². The third-order valence-corrected chi connectivity index (χ3v) is 4.06. The Morgan fingerprint density at radius 1 is 1.32 bits per heavy atom. The van der Waals surface area contributed by atoms with Gasteiger partial charge in [0.05, 0.1) is 12.1 Å². The van der Waals surface area contributed by atoms with Crippen molar-refractivity contribution in [2.75, 3.05) is 12.4 Å². The number of thiazole rings is 1. The second-order valence-electron chi connectivity index (χ2n) is 5.30. The molecule has 0 saturated carbocycles. The average Bonchev–Trinajstić information content (AvgIpc) is 3.11. The molecule has 118 valence electrons. The van der Waals surface area contributed by atoms with E-state index >= 15 is 0 Å². The zero-order valence-electron chi connectivity index (χ0n) is 12.9. The van der Waals surface area contributed by atoms with Crippen LogP contribution in [-0.4, -0.2) is 28.4 Å². The standard InChI is InChI=1S/C15H20N4O2S/c1-10(2)13(19-6-4-5-7-19)14(21)18-15-17-11(9-22-15)8-12(20)16-3/h4-7,9-10,13H,8H2,1-3H3,(H,16,20)(H,17,18,21)/t13-/m0/s1. The van der Waals surface area contributed by atoms with Crippen LogP contribution in [0.3, 0.4) is 0 Å². The minimum absolute atomic E-state index is 0.101. The Labute approximate surface area is 133 Å². The van der Waals surface area contributed by atoms with Crippen molar-refractivity contribution in [3.05, 3.63) is 35.6 Å². The molecule has 2 N–H and O–H groups in total. The third kappa shape index (κ3) is 3.94. The lowest BCUT2D eigenvalue weighted by Crippen LogP contribution is -2.29. The number of anilines is 1. The summed E-state index contributed by atoms with van der Waals surface area (Å²) in [7, 11) is 1.59. The Balaban J connectivity index is 2.06. The van der Waals surface area contributed by atoms with Crippen molar-refractivity contribution >= 4 is 28.3 Å². The topological polar surface area (TPSA) is 76.0 Å². The minimum atomic E-state index is -0.290. The van der Waals surface area contributed by atoms with Gasteiger partial charge in [-0.1, -0.05) is 13.8 Å². The lowest BCUT2D eigenvalue weighted by molar-refractivity contribution is -0.121. The molecule has 6 nitrogen and oxygen atoms in total. The highest BCUT2D eigenvalue weighted by Gasteiger charge is 2.24. The van der Waals surface area contributed by atoms with Gasteiger partial charge in [-0.25, -0.2) is 4.98 Å².